The van der Waals surface area contributed by atoms with Crippen LogP contribution < -0.4 is 10.6 Å². The molecule has 31 heavy (non-hydrogen) atoms. The maximum Gasteiger partial charge on any atom is 0.329 e. The molecule has 0 radical (unpaired) electrons. The number of amides is 2. The Morgan fingerprint density at radius 2 is 2.16 bits per heavy atom. The highest BCUT2D eigenvalue weighted by molar-refractivity contribution is 8.14. The van der Waals surface area contributed by atoms with Gasteiger partial charge in [-0.25, -0.2) is 4.79 Å². The Morgan fingerprint density at radius 3 is 2.90 bits per heavy atom. The van der Waals surface area contributed by atoms with Crippen molar-refractivity contribution in [2.75, 3.05) is 18.1 Å². The third-order valence-electron chi connectivity index (χ3n) is 4.99. The fourth-order valence-electron chi connectivity index (χ4n) is 3.27. The van der Waals surface area contributed by atoms with E-state index in [9.17, 15) is 14.4 Å². The molecule has 3 aliphatic rings. The van der Waals surface area contributed by atoms with E-state index in [0.29, 0.717) is 35.9 Å². The largest absolute Gasteiger partial charge is 0.456 e. The average molecular weight is 465 g/mol. The van der Waals surface area contributed by atoms with Crippen LogP contribution in [0.25, 0.3) is 0 Å². The van der Waals surface area contributed by atoms with Crippen molar-refractivity contribution in [2.45, 2.75) is 51.3 Å². The van der Waals surface area contributed by atoms with Crippen molar-refractivity contribution < 1.29 is 19.1 Å². The molecule has 0 aliphatic carbocycles. The summed E-state index contributed by atoms with van der Waals surface area (Å²) in [7, 11) is 0. The van der Waals surface area contributed by atoms with Crippen molar-refractivity contribution in [1.29, 1.82) is 0 Å². The summed E-state index contributed by atoms with van der Waals surface area (Å²) in [5, 5.41) is 6.36. The van der Waals surface area contributed by atoms with Crippen molar-refractivity contribution in [3.8, 4) is 0 Å². The minimum atomic E-state index is -0.830. The van der Waals surface area contributed by atoms with Crippen LogP contribution in [-0.2, 0) is 19.1 Å². The van der Waals surface area contributed by atoms with E-state index in [1.54, 1.807) is 6.08 Å². The van der Waals surface area contributed by atoms with Crippen molar-refractivity contribution in [3.63, 3.8) is 0 Å². The molecule has 0 saturated heterocycles. The van der Waals surface area contributed by atoms with Crippen LogP contribution in [0.15, 0.2) is 33.9 Å². The monoisotopic (exact) mass is 464 g/mol. The number of allylic oxidation sites excluding steroid dienone is 2. The zero-order valence-electron chi connectivity index (χ0n) is 17.7. The molecule has 0 fully saturated rings. The van der Waals surface area contributed by atoms with Gasteiger partial charge in [0, 0.05) is 17.9 Å². The summed E-state index contributed by atoms with van der Waals surface area (Å²) in [4.78, 5) is 47.2. The average Bonchev–Trinajstić information content (AvgIpc) is 3.39. The van der Waals surface area contributed by atoms with Crippen LogP contribution in [0.5, 0.6) is 0 Å². The Bertz CT molecular complexity index is 850. The summed E-state index contributed by atoms with van der Waals surface area (Å²) < 4.78 is 5.62. The molecule has 2 amide bonds. The third-order valence-corrected chi connectivity index (χ3v) is 6.32. The summed E-state index contributed by atoms with van der Waals surface area (Å²) in [6.07, 6.45) is 6.07. The third kappa shape index (κ3) is 6.46. The number of hydrogen-bond acceptors (Lipinski definition) is 8. The molecular weight excluding hydrogens is 436 g/mol. The van der Waals surface area contributed by atoms with Gasteiger partial charge in [-0.2, -0.15) is 12.6 Å². The summed E-state index contributed by atoms with van der Waals surface area (Å²) >= 11 is 5.64. The lowest BCUT2D eigenvalue weighted by Crippen LogP contribution is -2.49. The zero-order chi connectivity index (χ0) is 22.4. The standard InChI is InChI=1S/C21H28N4O4S2/c1-12(2)18-21(28)29-14(5-3-4-8-30)9-17(26)22-10-13-6-7-15(23-13)20-24-16(11-31-20)19(27)25-18/h3,5,7,12,14,16,18,30H,4,6,8-11H2,1-2H3,(H,22,26)(H,25,27)/b5-3+/t14-,16+,18+/m1/s1. The van der Waals surface area contributed by atoms with E-state index in [0.717, 1.165) is 11.4 Å². The maximum absolute atomic E-state index is 12.9. The number of aliphatic imine (C=N–C) groups is 2. The van der Waals surface area contributed by atoms with Crippen molar-refractivity contribution in [2.24, 2.45) is 15.9 Å². The number of carbonyl (C=O) groups excluding carboxylic acids is 3. The van der Waals surface area contributed by atoms with Crippen molar-refractivity contribution in [1.82, 2.24) is 10.6 Å². The first-order chi connectivity index (χ1) is 14.9. The van der Waals surface area contributed by atoms with Gasteiger partial charge in [0.2, 0.25) is 11.8 Å². The first-order valence-corrected chi connectivity index (χ1v) is 12.0. The molecule has 0 unspecified atom stereocenters. The second-order valence-corrected chi connectivity index (χ2v) is 9.32. The van der Waals surface area contributed by atoms with E-state index < -0.39 is 24.2 Å². The van der Waals surface area contributed by atoms with Crippen molar-refractivity contribution in [3.05, 3.63) is 23.9 Å². The lowest BCUT2D eigenvalue weighted by atomic mass is 10.0. The van der Waals surface area contributed by atoms with Crippen LogP contribution in [0.3, 0.4) is 0 Å². The van der Waals surface area contributed by atoms with Gasteiger partial charge in [0.05, 0.1) is 18.7 Å². The molecule has 0 aromatic rings. The first kappa shape index (κ1) is 23.6. The molecule has 2 N–H and O–H groups in total. The number of hydrogen-bond donors (Lipinski definition) is 3. The Labute approximate surface area is 191 Å². The van der Waals surface area contributed by atoms with Crippen LogP contribution >= 0.6 is 24.4 Å². The number of thiol groups is 1. The minimum Gasteiger partial charge on any atom is -0.456 e. The van der Waals surface area contributed by atoms with E-state index >= 15 is 0 Å². The molecule has 168 valence electrons. The van der Waals surface area contributed by atoms with Gasteiger partial charge in [0.15, 0.2) is 0 Å². The number of cyclic esters (lactones) is 1. The van der Waals surface area contributed by atoms with Gasteiger partial charge in [-0.3, -0.25) is 19.6 Å². The van der Waals surface area contributed by atoms with Gasteiger partial charge in [-0.15, -0.1) is 11.8 Å². The predicted molar refractivity (Wildman–Crippen MR) is 126 cm³/mol. The summed E-state index contributed by atoms with van der Waals surface area (Å²) in [6, 6.07) is -1.41. The molecule has 3 rings (SSSR count). The summed E-state index contributed by atoms with van der Waals surface area (Å²) in [6.45, 7) is 3.98. The molecule has 4 bridgehead atoms. The zero-order valence-corrected chi connectivity index (χ0v) is 19.4. The van der Waals surface area contributed by atoms with Gasteiger partial charge in [0.1, 0.15) is 23.2 Å². The SMILES string of the molecule is CC(C)[C@@H]1NC(=O)[C@@H]2CSC(=N2)C2=CCC(=N2)CNC(=O)C[C@@H](/C=C/CCS)OC1=O. The van der Waals surface area contributed by atoms with Gasteiger partial charge in [-0.1, -0.05) is 26.0 Å². The second-order valence-electron chi connectivity index (χ2n) is 7.86. The molecule has 3 aliphatic heterocycles. The van der Waals surface area contributed by atoms with Gasteiger partial charge in [-0.05, 0) is 24.2 Å². The number of rotatable bonds is 4. The van der Waals surface area contributed by atoms with Crippen LogP contribution in [0.1, 0.15) is 33.1 Å². The number of fused-ring (bicyclic) bond motifs is 3. The molecule has 0 aromatic carbocycles. The van der Waals surface area contributed by atoms with Crippen LogP contribution in [0.4, 0.5) is 0 Å². The lowest BCUT2D eigenvalue weighted by molar-refractivity contribution is -0.153. The van der Waals surface area contributed by atoms with Crippen LogP contribution in [0.2, 0.25) is 0 Å². The molecule has 10 heteroatoms. The quantitative estimate of drug-likeness (QED) is 0.333. The predicted octanol–water partition coefficient (Wildman–Crippen LogP) is 1.68. The normalized spacial score (nSPS) is 27.5. The van der Waals surface area contributed by atoms with E-state index in [1.807, 2.05) is 26.0 Å². The number of carbonyl (C=O) groups is 3. The van der Waals surface area contributed by atoms with Crippen LogP contribution in [0, 0.1) is 5.92 Å². The molecular formula is C21H28N4O4S2. The molecule has 0 spiro atoms. The Hall–Kier alpha value is -2.07. The van der Waals surface area contributed by atoms with Crippen LogP contribution in [-0.4, -0.2) is 64.8 Å². The highest BCUT2D eigenvalue weighted by atomic mass is 32.2. The van der Waals surface area contributed by atoms with E-state index in [2.05, 4.69) is 33.2 Å². The topological polar surface area (TPSA) is 109 Å². The van der Waals surface area contributed by atoms with Gasteiger partial charge < -0.3 is 15.4 Å². The smallest absolute Gasteiger partial charge is 0.329 e. The molecule has 3 atom stereocenters. The lowest BCUT2D eigenvalue weighted by Gasteiger charge is -2.24. The fourth-order valence-corrected chi connectivity index (χ4v) is 4.44. The summed E-state index contributed by atoms with van der Waals surface area (Å²) in [5.74, 6) is -0.165. The highest BCUT2D eigenvalue weighted by Crippen LogP contribution is 2.27. The molecule has 8 nitrogen and oxygen atoms in total. The maximum atomic E-state index is 12.9. The fraction of sp³-hybridized carbons (Fsp3) is 0.571. The minimum absolute atomic E-state index is 0.00762. The summed E-state index contributed by atoms with van der Waals surface area (Å²) in [5.41, 5.74) is 1.56. The first-order valence-electron chi connectivity index (χ1n) is 10.4. The van der Waals surface area contributed by atoms with E-state index in [1.165, 1.54) is 11.8 Å². The van der Waals surface area contributed by atoms with Gasteiger partial charge in [0.25, 0.3) is 0 Å². The number of nitrogens with one attached hydrogen (secondary N) is 2. The number of ether oxygens (including phenoxy) is 1. The number of esters is 1. The van der Waals surface area contributed by atoms with E-state index in [4.69, 9.17) is 4.74 Å². The van der Waals surface area contributed by atoms with Gasteiger partial charge >= 0.3 is 5.97 Å². The number of thioether (sulfide) groups is 1. The van der Waals surface area contributed by atoms with Crippen molar-refractivity contribution >= 4 is 52.9 Å². The number of nitrogens with zero attached hydrogens (tertiary/aromatic N) is 2. The second kappa shape index (κ2) is 11.0. The molecule has 0 saturated carbocycles. The Kier molecular flexibility index (Phi) is 8.36. The highest BCUT2D eigenvalue weighted by Gasteiger charge is 2.33. The molecule has 0 aromatic heterocycles. The molecule has 3 heterocycles. The Morgan fingerprint density at radius 1 is 1.35 bits per heavy atom. The van der Waals surface area contributed by atoms with E-state index in [-0.39, 0.29) is 24.2 Å². The Balaban J connectivity index is 1.85.